The van der Waals surface area contributed by atoms with E-state index in [4.69, 9.17) is 11.6 Å². The molecule has 1 aromatic carbocycles. The number of amides is 2. The second kappa shape index (κ2) is 6.05. The third kappa shape index (κ3) is 3.28. The third-order valence-electron chi connectivity index (χ3n) is 4.06. The molecule has 2 aromatic rings. The van der Waals surface area contributed by atoms with E-state index in [2.05, 4.69) is 5.32 Å². The van der Waals surface area contributed by atoms with Gasteiger partial charge in [-0.15, -0.1) is 0 Å². The summed E-state index contributed by atoms with van der Waals surface area (Å²) in [4.78, 5) is 14.5. The van der Waals surface area contributed by atoms with Crippen LogP contribution < -0.4 is 5.32 Å². The predicted molar refractivity (Wildman–Crippen MR) is 89.2 cm³/mol. The molecule has 1 heterocycles. The molecular formula is C17H20ClN3O. The van der Waals surface area contributed by atoms with Crippen molar-refractivity contribution < 1.29 is 4.79 Å². The van der Waals surface area contributed by atoms with E-state index in [0.717, 1.165) is 29.8 Å². The van der Waals surface area contributed by atoms with Gasteiger partial charge in [0.1, 0.15) is 0 Å². The molecule has 2 amide bonds. The number of carbonyl (C=O) groups is 1. The number of nitrogens with zero attached hydrogens (tertiary/aromatic N) is 2. The van der Waals surface area contributed by atoms with Crippen molar-refractivity contribution in [2.45, 2.75) is 32.4 Å². The average Bonchev–Trinajstić information content (AvgIpc) is 3.24. The first-order valence-corrected chi connectivity index (χ1v) is 7.86. The Kier molecular flexibility index (Phi) is 4.12. The summed E-state index contributed by atoms with van der Waals surface area (Å²) in [7, 11) is 2.00. The van der Waals surface area contributed by atoms with Crippen LogP contribution in [0, 0.1) is 6.92 Å². The monoisotopic (exact) mass is 317 g/mol. The molecule has 3 rings (SSSR count). The predicted octanol–water partition coefficient (Wildman–Crippen LogP) is 4.18. The number of aromatic nitrogens is 1. The number of anilines is 1. The maximum atomic E-state index is 12.6. The standard InChI is InChI=1S/C17H20ClN3O/c1-12-5-6-13(10-16(12)18)19-17(22)21(14-7-8-14)11-15-4-3-9-20(15)2/h3-6,9-10,14H,7-8,11H2,1-2H3,(H,19,22). The maximum Gasteiger partial charge on any atom is 0.322 e. The molecule has 1 N–H and O–H groups in total. The SMILES string of the molecule is Cc1ccc(NC(=O)N(Cc2cccn2C)C2CC2)cc1Cl. The number of hydrogen-bond acceptors (Lipinski definition) is 1. The Labute approximate surface area is 135 Å². The number of nitrogens with one attached hydrogen (secondary N) is 1. The van der Waals surface area contributed by atoms with Crippen LogP contribution in [0.5, 0.6) is 0 Å². The first-order chi connectivity index (χ1) is 10.5. The van der Waals surface area contributed by atoms with Crippen LogP contribution in [-0.2, 0) is 13.6 Å². The molecule has 5 heteroatoms. The van der Waals surface area contributed by atoms with E-state index >= 15 is 0 Å². The normalized spacial score (nSPS) is 14.0. The minimum atomic E-state index is -0.0661. The van der Waals surface area contributed by atoms with Crippen LogP contribution in [0.2, 0.25) is 5.02 Å². The highest BCUT2D eigenvalue weighted by Crippen LogP contribution is 2.29. The number of benzene rings is 1. The molecule has 1 fully saturated rings. The van der Waals surface area contributed by atoms with Crippen molar-refractivity contribution in [3.05, 3.63) is 52.8 Å². The van der Waals surface area contributed by atoms with Gasteiger partial charge in [-0.1, -0.05) is 17.7 Å². The van der Waals surface area contributed by atoms with E-state index in [9.17, 15) is 4.79 Å². The van der Waals surface area contributed by atoms with Gasteiger partial charge in [-0.3, -0.25) is 0 Å². The molecule has 0 spiro atoms. The van der Waals surface area contributed by atoms with Crippen LogP contribution in [0.4, 0.5) is 10.5 Å². The lowest BCUT2D eigenvalue weighted by Gasteiger charge is -2.23. The molecule has 0 radical (unpaired) electrons. The molecular weight excluding hydrogens is 298 g/mol. The summed E-state index contributed by atoms with van der Waals surface area (Å²) in [6, 6.07) is 9.91. The Morgan fingerprint density at radius 3 is 2.77 bits per heavy atom. The fourth-order valence-corrected chi connectivity index (χ4v) is 2.63. The summed E-state index contributed by atoms with van der Waals surface area (Å²) in [6.45, 7) is 2.57. The minimum absolute atomic E-state index is 0.0661. The Hall–Kier alpha value is -1.94. The average molecular weight is 318 g/mol. The zero-order valence-corrected chi connectivity index (χ0v) is 13.6. The molecule has 1 saturated carbocycles. The molecule has 0 unspecified atom stereocenters. The second-order valence-electron chi connectivity index (χ2n) is 5.86. The lowest BCUT2D eigenvalue weighted by Crippen LogP contribution is -2.36. The van der Waals surface area contributed by atoms with Gasteiger partial charge in [0.05, 0.1) is 6.54 Å². The van der Waals surface area contributed by atoms with Crippen molar-refractivity contribution in [2.24, 2.45) is 7.05 Å². The summed E-state index contributed by atoms with van der Waals surface area (Å²) < 4.78 is 2.05. The highest BCUT2D eigenvalue weighted by atomic mass is 35.5. The smallest absolute Gasteiger partial charge is 0.322 e. The Bertz CT molecular complexity index is 691. The van der Waals surface area contributed by atoms with E-state index in [1.807, 2.05) is 53.9 Å². The second-order valence-corrected chi connectivity index (χ2v) is 6.27. The largest absolute Gasteiger partial charge is 0.353 e. The van der Waals surface area contributed by atoms with Gasteiger partial charge in [0.2, 0.25) is 0 Å². The van der Waals surface area contributed by atoms with Crippen molar-refractivity contribution in [3.63, 3.8) is 0 Å². The number of halogens is 1. The lowest BCUT2D eigenvalue weighted by atomic mass is 10.2. The summed E-state index contributed by atoms with van der Waals surface area (Å²) in [5.74, 6) is 0. The highest BCUT2D eigenvalue weighted by molar-refractivity contribution is 6.31. The Morgan fingerprint density at radius 1 is 1.41 bits per heavy atom. The van der Waals surface area contributed by atoms with Crippen LogP contribution in [0.15, 0.2) is 36.5 Å². The summed E-state index contributed by atoms with van der Waals surface area (Å²) in [6.07, 6.45) is 4.15. The van der Waals surface area contributed by atoms with Crippen molar-refractivity contribution in [1.82, 2.24) is 9.47 Å². The van der Waals surface area contributed by atoms with E-state index in [1.165, 1.54) is 0 Å². The number of rotatable bonds is 4. The Morgan fingerprint density at radius 2 is 2.18 bits per heavy atom. The first-order valence-electron chi connectivity index (χ1n) is 7.48. The molecule has 116 valence electrons. The van der Waals surface area contributed by atoms with Gasteiger partial charge < -0.3 is 14.8 Å². The van der Waals surface area contributed by atoms with Crippen LogP contribution in [0.1, 0.15) is 24.1 Å². The van der Waals surface area contributed by atoms with E-state index in [1.54, 1.807) is 6.07 Å². The fourth-order valence-electron chi connectivity index (χ4n) is 2.45. The summed E-state index contributed by atoms with van der Waals surface area (Å²) in [5, 5.41) is 3.62. The molecule has 1 aromatic heterocycles. The van der Waals surface area contributed by atoms with Gasteiger partial charge in [-0.2, -0.15) is 0 Å². The molecule has 1 aliphatic rings. The quantitative estimate of drug-likeness (QED) is 0.902. The molecule has 22 heavy (non-hydrogen) atoms. The van der Waals surface area contributed by atoms with Gasteiger partial charge in [-0.25, -0.2) is 4.79 Å². The zero-order valence-electron chi connectivity index (χ0n) is 12.8. The highest BCUT2D eigenvalue weighted by Gasteiger charge is 2.33. The van der Waals surface area contributed by atoms with Gasteiger partial charge >= 0.3 is 6.03 Å². The number of carbonyl (C=O) groups excluding carboxylic acids is 1. The maximum absolute atomic E-state index is 12.6. The van der Waals surface area contributed by atoms with Crippen molar-refractivity contribution in [3.8, 4) is 0 Å². The van der Waals surface area contributed by atoms with Gasteiger partial charge in [-0.05, 0) is 49.6 Å². The molecule has 4 nitrogen and oxygen atoms in total. The van der Waals surface area contributed by atoms with Crippen molar-refractivity contribution in [1.29, 1.82) is 0 Å². The van der Waals surface area contributed by atoms with Crippen LogP contribution >= 0.6 is 11.6 Å². The van der Waals surface area contributed by atoms with E-state index < -0.39 is 0 Å². The van der Waals surface area contributed by atoms with Crippen molar-refractivity contribution in [2.75, 3.05) is 5.32 Å². The number of hydrogen-bond donors (Lipinski definition) is 1. The van der Waals surface area contributed by atoms with Crippen LogP contribution in [-0.4, -0.2) is 21.5 Å². The molecule has 0 bridgehead atoms. The van der Waals surface area contributed by atoms with Crippen molar-refractivity contribution >= 4 is 23.3 Å². The van der Waals surface area contributed by atoms with Gasteiger partial charge in [0.25, 0.3) is 0 Å². The van der Waals surface area contributed by atoms with Crippen LogP contribution in [0.25, 0.3) is 0 Å². The zero-order chi connectivity index (χ0) is 15.7. The van der Waals surface area contributed by atoms with E-state index in [-0.39, 0.29) is 6.03 Å². The summed E-state index contributed by atoms with van der Waals surface area (Å²) in [5.41, 5.74) is 2.87. The topological polar surface area (TPSA) is 37.3 Å². The lowest BCUT2D eigenvalue weighted by molar-refractivity contribution is 0.205. The van der Waals surface area contributed by atoms with E-state index in [0.29, 0.717) is 17.6 Å². The number of aryl methyl sites for hydroxylation is 2. The minimum Gasteiger partial charge on any atom is -0.353 e. The Balaban J connectivity index is 1.72. The van der Waals surface area contributed by atoms with Gasteiger partial charge in [0, 0.05) is 35.7 Å². The molecule has 0 saturated heterocycles. The molecule has 0 atom stereocenters. The first kappa shape index (κ1) is 15.0. The molecule has 1 aliphatic carbocycles. The third-order valence-corrected chi connectivity index (χ3v) is 4.46. The van der Waals surface area contributed by atoms with Crippen LogP contribution in [0.3, 0.4) is 0 Å². The summed E-state index contributed by atoms with van der Waals surface area (Å²) >= 11 is 6.12. The molecule has 0 aliphatic heterocycles. The fraction of sp³-hybridized carbons (Fsp3) is 0.353. The van der Waals surface area contributed by atoms with Gasteiger partial charge in [0.15, 0.2) is 0 Å². The number of urea groups is 1.